The van der Waals surface area contributed by atoms with Crippen molar-refractivity contribution in [3.63, 3.8) is 0 Å². The van der Waals surface area contributed by atoms with Crippen molar-refractivity contribution in [1.82, 2.24) is 0 Å². The van der Waals surface area contributed by atoms with Gasteiger partial charge in [-0.2, -0.15) is 0 Å². The van der Waals surface area contributed by atoms with E-state index in [9.17, 15) is 0 Å². The number of carboxylic acid groups (broad SMARTS) is 1. The van der Waals surface area contributed by atoms with Gasteiger partial charge in [0.2, 0.25) is 0 Å². The van der Waals surface area contributed by atoms with Gasteiger partial charge in [-0.15, -0.1) is 0 Å². The van der Waals surface area contributed by atoms with E-state index in [-0.39, 0.29) is 7.43 Å². The minimum Gasteiger partial charge on any atom is -0.550 e. The normalized spacial score (nSPS) is 5.67. The Morgan fingerprint density at radius 3 is 1.07 bits per heavy atom. The van der Waals surface area contributed by atoms with Gasteiger partial charge >= 0.3 is 0 Å². The van der Waals surface area contributed by atoms with Crippen molar-refractivity contribution in [3.8, 4) is 0 Å². The van der Waals surface area contributed by atoms with E-state index in [2.05, 4.69) is 0 Å². The van der Waals surface area contributed by atoms with Crippen molar-refractivity contribution in [2.45, 2.75) is 28.2 Å². The van der Waals surface area contributed by atoms with E-state index >= 15 is 0 Å². The summed E-state index contributed by atoms with van der Waals surface area (Å²) in [5, 5.41) is 15.9. The van der Waals surface area contributed by atoms with E-state index in [1.54, 1.807) is 0 Å². The third-order valence-electron chi connectivity index (χ3n) is 0.667. The standard InChI is InChI=1S/C6H6.C2H4O2.C2H6.CH4O.CH4/c1-2-4-6-5-3-1;1-2(3)4;2*1-2;/h1-6H;1H3,(H,3,4);1-2H3;2H,1H3;1H4/p-1. The molecule has 3 heteroatoms. The molecule has 1 aromatic rings. The van der Waals surface area contributed by atoms with Crippen molar-refractivity contribution >= 4 is 5.97 Å². The van der Waals surface area contributed by atoms with Gasteiger partial charge in [0.1, 0.15) is 0 Å². The van der Waals surface area contributed by atoms with Crippen LogP contribution in [0.5, 0.6) is 0 Å². The minimum absolute atomic E-state index is 0. The van der Waals surface area contributed by atoms with Crippen LogP contribution in [0.2, 0.25) is 0 Å². The summed E-state index contributed by atoms with van der Waals surface area (Å²) in [6.45, 7) is 4.97. The van der Waals surface area contributed by atoms with Crippen LogP contribution in [0.3, 0.4) is 0 Å². The summed E-state index contributed by atoms with van der Waals surface area (Å²) in [4.78, 5) is 8.89. The minimum atomic E-state index is -1.08. The van der Waals surface area contributed by atoms with Crippen LogP contribution in [0.4, 0.5) is 0 Å². The Kier molecular flexibility index (Phi) is 45.9. The first-order chi connectivity index (χ1) is 6.73. The first-order valence-corrected chi connectivity index (χ1v) is 4.36. The number of hydrogen-bond donors (Lipinski definition) is 1. The van der Waals surface area contributed by atoms with Crippen molar-refractivity contribution < 1.29 is 15.0 Å². The van der Waals surface area contributed by atoms with Crippen LogP contribution >= 0.6 is 0 Å². The lowest BCUT2D eigenvalue weighted by Gasteiger charge is -1.77. The van der Waals surface area contributed by atoms with Gasteiger partial charge in [0.25, 0.3) is 0 Å². The average molecular weight is 215 g/mol. The fourth-order valence-electron chi connectivity index (χ4n) is 0.385. The largest absolute Gasteiger partial charge is 0.550 e. The van der Waals surface area contributed by atoms with Crippen LogP contribution < -0.4 is 5.11 Å². The third kappa shape index (κ3) is 66.4. The predicted octanol–water partition coefficient (Wildman–Crippen LogP) is 1.71. The van der Waals surface area contributed by atoms with Gasteiger partial charge in [-0.1, -0.05) is 57.7 Å². The van der Waals surface area contributed by atoms with Gasteiger partial charge in [-0.25, -0.2) is 0 Å². The lowest BCUT2D eigenvalue weighted by molar-refractivity contribution is -0.302. The fourth-order valence-corrected chi connectivity index (χ4v) is 0.385. The van der Waals surface area contributed by atoms with E-state index in [1.807, 2.05) is 50.2 Å². The number of rotatable bonds is 0. The summed E-state index contributed by atoms with van der Waals surface area (Å²) in [5.41, 5.74) is 0. The van der Waals surface area contributed by atoms with Crippen molar-refractivity contribution in [2.75, 3.05) is 7.11 Å². The molecule has 0 amide bonds. The molecule has 0 spiro atoms. The fraction of sp³-hybridized carbons (Fsp3) is 0.417. The molecule has 0 bridgehead atoms. The average Bonchev–Trinajstić information content (AvgIpc) is 2.25. The lowest BCUT2D eigenvalue weighted by Crippen LogP contribution is -2.16. The Balaban J connectivity index is -0.0000000601. The summed E-state index contributed by atoms with van der Waals surface area (Å²) in [5.74, 6) is -1.08. The topological polar surface area (TPSA) is 60.4 Å². The Labute approximate surface area is 93.4 Å². The molecule has 0 fully saturated rings. The number of carbonyl (C=O) groups excluding carboxylic acids is 1. The quantitative estimate of drug-likeness (QED) is 0.716. The van der Waals surface area contributed by atoms with Crippen LogP contribution in [0.25, 0.3) is 0 Å². The van der Waals surface area contributed by atoms with Gasteiger partial charge in [-0.3, -0.25) is 0 Å². The van der Waals surface area contributed by atoms with Crippen LogP contribution in [0.15, 0.2) is 36.4 Å². The highest BCUT2D eigenvalue weighted by Crippen LogP contribution is 1.79. The summed E-state index contributed by atoms with van der Waals surface area (Å²) < 4.78 is 0. The number of carboxylic acids is 1. The molecule has 0 aromatic heterocycles. The second-order valence-electron chi connectivity index (χ2n) is 1.65. The monoisotopic (exact) mass is 215 g/mol. The summed E-state index contributed by atoms with van der Waals surface area (Å²) in [6, 6.07) is 12.0. The maximum atomic E-state index is 8.89. The Morgan fingerprint density at radius 2 is 1.00 bits per heavy atom. The van der Waals surface area contributed by atoms with Crippen LogP contribution in [0.1, 0.15) is 28.2 Å². The maximum Gasteiger partial charge on any atom is 0.0383 e. The molecule has 90 valence electrons. The second-order valence-corrected chi connectivity index (χ2v) is 1.65. The molecule has 1 aromatic carbocycles. The number of aliphatic hydroxyl groups excluding tert-OH is 1. The summed E-state index contributed by atoms with van der Waals surface area (Å²) >= 11 is 0. The van der Waals surface area contributed by atoms with Gasteiger partial charge in [0.15, 0.2) is 0 Å². The van der Waals surface area contributed by atoms with Crippen LogP contribution in [0, 0.1) is 0 Å². The summed E-state index contributed by atoms with van der Waals surface area (Å²) in [7, 11) is 1.00. The van der Waals surface area contributed by atoms with Gasteiger partial charge < -0.3 is 15.0 Å². The molecule has 0 atom stereocenters. The highest BCUT2D eigenvalue weighted by Gasteiger charge is 1.57. The Bertz CT molecular complexity index is 143. The number of carbonyl (C=O) groups is 1. The van der Waals surface area contributed by atoms with E-state index in [4.69, 9.17) is 15.0 Å². The van der Waals surface area contributed by atoms with Crippen LogP contribution in [-0.2, 0) is 4.79 Å². The first kappa shape index (κ1) is 23.5. The molecule has 1 rings (SSSR count). The lowest BCUT2D eigenvalue weighted by atomic mass is 10.4. The van der Waals surface area contributed by atoms with Crippen LogP contribution in [-0.4, -0.2) is 18.2 Å². The molecule has 0 radical (unpaired) electrons. The van der Waals surface area contributed by atoms with Crippen molar-refractivity contribution in [1.29, 1.82) is 0 Å². The molecule has 0 unspecified atom stereocenters. The molecule has 3 nitrogen and oxygen atoms in total. The SMILES string of the molecule is C.CC.CC(=O)[O-].CO.c1ccccc1. The highest BCUT2D eigenvalue weighted by atomic mass is 16.4. The third-order valence-corrected chi connectivity index (χ3v) is 0.667. The van der Waals surface area contributed by atoms with Crippen molar-refractivity contribution in [3.05, 3.63) is 36.4 Å². The van der Waals surface area contributed by atoms with E-state index in [0.717, 1.165) is 14.0 Å². The highest BCUT2D eigenvalue weighted by molar-refractivity contribution is 5.60. The molecule has 15 heavy (non-hydrogen) atoms. The molecule has 0 aliphatic carbocycles. The molecular formula is C12H23O3-. The van der Waals surface area contributed by atoms with Gasteiger partial charge in [0.05, 0.1) is 0 Å². The summed E-state index contributed by atoms with van der Waals surface area (Å²) in [6.07, 6.45) is 0. The molecule has 0 heterocycles. The zero-order chi connectivity index (χ0) is 11.8. The van der Waals surface area contributed by atoms with E-state index in [1.165, 1.54) is 0 Å². The van der Waals surface area contributed by atoms with E-state index < -0.39 is 5.97 Å². The molecule has 0 aliphatic heterocycles. The maximum absolute atomic E-state index is 8.89. The Morgan fingerprint density at radius 1 is 0.933 bits per heavy atom. The first-order valence-electron chi connectivity index (χ1n) is 4.36. The van der Waals surface area contributed by atoms with Crippen molar-refractivity contribution in [2.24, 2.45) is 0 Å². The van der Waals surface area contributed by atoms with E-state index in [0.29, 0.717) is 0 Å². The van der Waals surface area contributed by atoms with Gasteiger partial charge in [-0.05, 0) is 6.92 Å². The zero-order valence-electron chi connectivity index (χ0n) is 9.23. The number of hydrogen-bond acceptors (Lipinski definition) is 3. The second kappa shape index (κ2) is 29.3. The number of aliphatic carboxylic acids is 1. The smallest absolute Gasteiger partial charge is 0.0383 e. The molecule has 0 saturated heterocycles. The molecule has 1 N–H and O–H groups in total. The Hall–Kier alpha value is -1.35. The molecular weight excluding hydrogens is 192 g/mol. The molecule has 0 saturated carbocycles. The predicted molar refractivity (Wildman–Crippen MR) is 63.3 cm³/mol. The number of benzene rings is 1. The van der Waals surface area contributed by atoms with Gasteiger partial charge in [0, 0.05) is 13.1 Å². The zero-order valence-corrected chi connectivity index (χ0v) is 9.23. The number of aliphatic hydroxyl groups is 1. The molecule has 0 aliphatic rings.